The van der Waals surface area contributed by atoms with Gasteiger partial charge in [-0.15, -0.1) is 0 Å². The molecule has 0 atom stereocenters. The minimum absolute atomic E-state index is 0.165. The van der Waals surface area contributed by atoms with Crippen LogP contribution in [0, 0.1) is 0 Å². The first-order valence-corrected chi connectivity index (χ1v) is 7.65. The molecule has 0 unspecified atom stereocenters. The number of H-pyrrole nitrogens is 2. The first kappa shape index (κ1) is 15.4. The highest BCUT2D eigenvalue weighted by atomic mass is 19.3. The summed E-state index contributed by atoms with van der Waals surface area (Å²) in [6.45, 7) is 2.22. The van der Waals surface area contributed by atoms with Crippen LogP contribution in [0.15, 0.2) is 23.4 Å². The fourth-order valence-corrected chi connectivity index (χ4v) is 2.86. The summed E-state index contributed by atoms with van der Waals surface area (Å²) in [6, 6.07) is 0.820. The lowest BCUT2D eigenvalue weighted by Gasteiger charge is -2.35. The van der Waals surface area contributed by atoms with E-state index in [2.05, 4.69) is 35.0 Å². The summed E-state index contributed by atoms with van der Waals surface area (Å²) in [7, 11) is 0. The van der Waals surface area contributed by atoms with E-state index in [-0.39, 0.29) is 5.95 Å². The molecule has 0 saturated carbocycles. The molecule has 0 radical (unpaired) electrons. The van der Waals surface area contributed by atoms with Crippen molar-refractivity contribution >= 4 is 22.8 Å². The molecule has 2 N–H and O–H groups in total. The molecule has 4 rings (SSSR count). The zero-order valence-corrected chi connectivity index (χ0v) is 13.0. The van der Waals surface area contributed by atoms with Gasteiger partial charge in [0.1, 0.15) is 17.8 Å². The third-order valence-corrected chi connectivity index (χ3v) is 4.08. The number of hydrogen-bond acceptors (Lipinski definition) is 7. The van der Waals surface area contributed by atoms with Gasteiger partial charge >= 0.3 is 0 Å². The van der Waals surface area contributed by atoms with Crippen LogP contribution in [-0.4, -0.2) is 56.3 Å². The molecule has 1 fully saturated rings. The Hall–Kier alpha value is -3.11. The summed E-state index contributed by atoms with van der Waals surface area (Å²) < 4.78 is 25.7. The number of nitrogens with one attached hydrogen (secondary N) is 2. The van der Waals surface area contributed by atoms with Crippen molar-refractivity contribution in [2.75, 3.05) is 36.0 Å². The number of piperazine rings is 1. The fraction of sp³-hybridized carbons (Fsp3) is 0.357. The summed E-state index contributed by atoms with van der Waals surface area (Å²) in [5.41, 5.74) is -0.446. The lowest BCUT2D eigenvalue weighted by Crippen LogP contribution is -2.47. The Labute approximate surface area is 139 Å². The monoisotopic (exact) mass is 348 g/mol. The van der Waals surface area contributed by atoms with Gasteiger partial charge in [-0.3, -0.25) is 14.9 Å². The van der Waals surface area contributed by atoms with Gasteiger partial charge in [-0.25, -0.2) is 23.7 Å². The van der Waals surface area contributed by atoms with Gasteiger partial charge < -0.3 is 9.80 Å². The number of halogens is 2. The summed E-state index contributed by atoms with van der Waals surface area (Å²) >= 11 is 0. The van der Waals surface area contributed by atoms with Crippen LogP contribution in [0.2, 0.25) is 0 Å². The molecular weight excluding hydrogens is 334 g/mol. The molecule has 0 aliphatic carbocycles. The molecule has 1 saturated heterocycles. The molecule has 4 heterocycles. The molecule has 1 aliphatic rings. The zero-order chi connectivity index (χ0) is 17.4. The van der Waals surface area contributed by atoms with Crippen LogP contribution in [0.25, 0.3) is 11.0 Å². The number of anilines is 2. The molecule has 9 nitrogen and oxygen atoms in total. The fourth-order valence-electron chi connectivity index (χ4n) is 2.86. The van der Waals surface area contributed by atoms with Crippen LogP contribution in [0.1, 0.15) is 12.1 Å². The molecule has 0 amide bonds. The number of alkyl halides is 2. The Morgan fingerprint density at radius 2 is 1.88 bits per heavy atom. The maximum absolute atomic E-state index is 12.8. The van der Waals surface area contributed by atoms with Crippen molar-refractivity contribution in [3.05, 3.63) is 34.6 Å². The minimum Gasteiger partial charge on any atom is -0.352 e. The largest absolute Gasteiger partial charge is 0.352 e. The standard InChI is InChI=1S/C14H14F2N8O/c15-11(16)9-5-10(25)21-14(20-9)24-3-1-23(2-4-24)13-8-6-19-22-12(8)17-7-18-13/h5-7,11H,1-4H2,(H,20,21,25)(H,17,18,19,22). The van der Waals surface area contributed by atoms with Crippen molar-refractivity contribution in [2.24, 2.45) is 0 Å². The summed E-state index contributed by atoms with van der Waals surface area (Å²) in [5, 5.41) is 7.59. The third kappa shape index (κ3) is 2.88. The van der Waals surface area contributed by atoms with E-state index >= 15 is 0 Å². The highest BCUT2D eigenvalue weighted by Gasteiger charge is 2.23. The topological polar surface area (TPSA) is 107 Å². The lowest BCUT2D eigenvalue weighted by molar-refractivity contribution is 0.146. The molecule has 0 bridgehead atoms. The number of hydrogen-bond donors (Lipinski definition) is 2. The van der Waals surface area contributed by atoms with E-state index in [9.17, 15) is 13.6 Å². The van der Waals surface area contributed by atoms with Crippen LogP contribution in [0.4, 0.5) is 20.5 Å². The van der Waals surface area contributed by atoms with E-state index in [4.69, 9.17) is 0 Å². The summed E-state index contributed by atoms with van der Waals surface area (Å²) in [5.74, 6) is 0.930. The number of fused-ring (bicyclic) bond motifs is 1. The van der Waals surface area contributed by atoms with E-state index < -0.39 is 17.7 Å². The normalized spacial score (nSPS) is 15.3. The average molecular weight is 348 g/mol. The first-order valence-electron chi connectivity index (χ1n) is 7.65. The predicted octanol–water partition coefficient (Wildman–Crippen LogP) is 0.700. The molecule has 3 aromatic rings. The Morgan fingerprint density at radius 1 is 1.12 bits per heavy atom. The minimum atomic E-state index is -2.78. The van der Waals surface area contributed by atoms with Crippen molar-refractivity contribution in [3.8, 4) is 0 Å². The first-order chi connectivity index (χ1) is 12.1. The second-order valence-corrected chi connectivity index (χ2v) is 5.60. The molecule has 130 valence electrons. The Kier molecular flexibility index (Phi) is 3.75. The lowest BCUT2D eigenvalue weighted by atomic mass is 10.3. The Bertz CT molecular complexity index is 947. The van der Waals surface area contributed by atoms with Gasteiger partial charge in [-0.1, -0.05) is 0 Å². The molecule has 3 aromatic heterocycles. The third-order valence-electron chi connectivity index (χ3n) is 4.08. The highest BCUT2D eigenvalue weighted by Crippen LogP contribution is 2.23. The van der Waals surface area contributed by atoms with Crippen LogP contribution < -0.4 is 15.4 Å². The second-order valence-electron chi connectivity index (χ2n) is 5.60. The zero-order valence-electron chi connectivity index (χ0n) is 13.0. The van der Waals surface area contributed by atoms with E-state index in [0.29, 0.717) is 31.8 Å². The van der Waals surface area contributed by atoms with Crippen molar-refractivity contribution < 1.29 is 8.78 Å². The molecule has 0 aromatic carbocycles. The molecule has 0 spiro atoms. The van der Waals surface area contributed by atoms with Gasteiger partial charge in [-0.2, -0.15) is 5.10 Å². The van der Waals surface area contributed by atoms with Gasteiger partial charge in [0.05, 0.1) is 11.6 Å². The smallest absolute Gasteiger partial charge is 0.280 e. The molecule has 11 heteroatoms. The second kappa shape index (κ2) is 6.07. The van der Waals surface area contributed by atoms with Gasteiger partial charge in [0.25, 0.3) is 12.0 Å². The summed E-state index contributed by atoms with van der Waals surface area (Å²) in [4.78, 5) is 30.2. The maximum Gasteiger partial charge on any atom is 0.280 e. The van der Waals surface area contributed by atoms with Crippen LogP contribution in [0.3, 0.4) is 0 Å². The van der Waals surface area contributed by atoms with Gasteiger partial charge in [0.15, 0.2) is 5.65 Å². The number of aromatic nitrogens is 6. The van der Waals surface area contributed by atoms with Crippen molar-refractivity contribution in [1.29, 1.82) is 0 Å². The van der Waals surface area contributed by atoms with Crippen molar-refractivity contribution in [3.63, 3.8) is 0 Å². The quantitative estimate of drug-likeness (QED) is 0.717. The van der Waals surface area contributed by atoms with Crippen LogP contribution in [0.5, 0.6) is 0 Å². The number of aromatic amines is 2. The predicted molar refractivity (Wildman–Crippen MR) is 85.9 cm³/mol. The van der Waals surface area contributed by atoms with E-state index in [1.165, 1.54) is 6.33 Å². The maximum atomic E-state index is 12.8. The van der Waals surface area contributed by atoms with Crippen molar-refractivity contribution in [1.82, 2.24) is 30.1 Å². The van der Waals surface area contributed by atoms with Crippen LogP contribution in [-0.2, 0) is 0 Å². The SMILES string of the molecule is O=c1cc(C(F)F)nc(N2CCN(c3ncnc4[nH]ncc34)CC2)[nH]1. The van der Waals surface area contributed by atoms with Crippen LogP contribution >= 0.6 is 0 Å². The van der Waals surface area contributed by atoms with E-state index in [1.807, 2.05) is 0 Å². The molecular formula is C14H14F2N8O. The summed E-state index contributed by atoms with van der Waals surface area (Å²) in [6.07, 6.45) is 0.355. The van der Waals surface area contributed by atoms with Gasteiger partial charge in [-0.05, 0) is 0 Å². The Morgan fingerprint density at radius 3 is 2.64 bits per heavy atom. The van der Waals surface area contributed by atoms with Gasteiger partial charge in [0, 0.05) is 32.2 Å². The Balaban J connectivity index is 1.54. The van der Waals surface area contributed by atoms with E-state index in [1.54, 1.807) is 11.1 Å². The average Bonchev–Trinajstić information content (AvgIpc) is 3.10. The highest BCUT2D eigenvalue weighted by molar-refractivity contribution is 5.86. The van der Waals surface area contributed by atoms with Crippen molar-refractivity contribution in [2.45, 2.75) is 6.43 Å². The number of nitrogens with zero attached hydrogens (tertiary/aromatic N) is 6. The van der Waals surface area contributed by atoms with E-state index in [0.717, 1.165) is 17.3 Å². The number of rotatable bonds is 3. The molecule has 25 heavy (non-hydrogen) atoms. The molecule has 1 aliphatic heterocycles. The van der Waals surface area contributed by atoms with Gasteiger partial charge in [0.2, 0.25) is 5.95 Å².